The van der Waals surface area contributed by atoms with Gasteiger partial charge in [-0.2, -0.15) is 0 Å². The molecule has 0 saturated carbocycles. The Labute approximate surface area is 204 Å². The molecule has 5 rings (SSSR count). The first kappa shape index (κ1) is 22.5. The van der Waals surface area contributed by atoms with Gasteiger partial charge in [0.1, 0.15) is 12.1 Å². The number of nitrogens with one attached hydrogen (secondary N) is 1. The van der Waals surface area contributed by atoms with Gasteiger partial charge < -0.3 is 24.6 Å². The fourth-order valence-electron chi connectivity index (χ4n) is 4.32. The number of carbonyl (C=O) groups is 1. The van der Waals surface area contributed by atoms with E-state index in [1.54, 1.807) is 20.5 Å². The van der Waals surface area contributed by atoms with E-state index >= 15 is 0 Å². The van der Waals surface area contributed by atoms with Gasteiger partial charge in [-0.1, -0.05) is 42.5 Å². The number of hydrogen-bond donors (Lipinski definition) is 1. The topological polar surface area (TPSA) is 79.8 Å². The third-order valence-corrected chi connectivity index (χ3v) is 6.23. The number of rotatable bonds is 5. The highest BCUT2D eigenvalue weighted by atomic mass is 16.5. The van der Waals surface area contributed by atoms with Crippen molar-refractivity contribution in [3.8, 4) is 22.6 Å². The molecule has 2 amide bonds. The predicted octanol–water partition coefficient (Wildman–Crippen LogP) is 4.67. The van der Waals surface area contributed by atoms with Crippen LogP contribution in [0, 0.1) is 0 Å². The molecule has 0 bridgehead atoms. The summed E-state index contributed by atoms with van der Waals surface area (Å²) in [5, 5.41) is 3.91. The van der Waals surface area contributed by atoms with Crippen LogP contribution in [0.15, 0.2) is 73.1 Å². The van der Waals surface area contributed by atoms with Crippen LogP contribution in [-0.2, 0) is 0 Å². The van der Waals surface area contributed by atoms with E-state index in [0.717, 1.165) is 33.5 Å². The quantitative estimate of drug-likeness (QED) is 0.458. The second-order valence-electron chi connectivity index (χ2n) is 8.27. The highest BCUT2D eigenvalue weighted by molar-refractivity contribution is 5.93. The van der Waals surface area contributed by atoms with Gasteiger partial charge in [0.15, 0.2) is 11.5 Å². The molecule has 0 atom stereocenters. The first-order valence-electron chi connectivity index (χ1n) is 11.5. The molecule has 1 aliphatic rings. The second-order valence-corrected chi connectivity index (χ2v) is 8.27. The van der Waals surface area contributed by atoms with E-state index in [1.165, 1.54) is 0 Å². The molecule has 2 heterocycles. The van der Waals surface area contributed by atoms with Crippen molar-refractivity contribution in [3.05, 3.63) is 73.1 Å². The normalized spacial score (nSPS) is 13.5. The van der Waals surface area contributed by atoms with Crippen LogP contribution in [0.25, 0.3) is 22.0 Å². The van der Waals surface area contributed by atoms with E-state index in [2.05, 4.69) is 32.3 Å². The molecule has 1 fully saturated rings. The van der Waals surface area contributed by atoms with Crippen LogP contribution in [0.2, 0.25) is 0 Å². The van der Waals surface area contributed by atoms with Gasteiger partial charge in [-0.25, -0.2) is 14.8 Å². The lowest BCUT2D eigenvalue weighted by Crippen LogP contribution is -2.50. The number of benzene rings is 3. The highest BCUT2D eigenvalue weighted by Gasteiger charge is 2.24. The van der Waals surface area contributed by atoms with Crippen molar-refractivity contribution < 1.29 is 14.3 Å². The predicted molar refractivity (Wildman–Crippen MR) is 137 cm³/mol. The number of hydrogen-bond acceptors (Lipinski definition) is 6. The number of carbonyl (C=O) groups excluding carboxylic acids is 1. The maximum atomic E-state index is 12.9. The summed E-state index contributed by atoms with van der Waals surface area (Å²) in [5.74, 6) is 2.09. The average molecular weight is 470 g/mol. The molecule has 0 radical (unpaired) electrons. The maximum Gasteiger partial charge on any atom is 0.321 e. The highest BCUT2D eigenvalue weighted by Crippen LogP contribution is 2.35. The minimum absolute atomic E-state index is 0.101. The molecule has 1 aromatic heterocycles. The van der Waals surface area contributed by atoms with Crippen molar-refractivity contribution in [1.29, 1.82) is 0 Å². The Morgan fingerprint density at radius 1 is 0.829 bits per heavy atom. The van der Waals surface area contributed by atoms with Gasteiger partial charge in [-0.05, 0) is 29.3 Å². The van der Waals surface area contributed by atoms with Gasteiger partial charge >= 0.3 is 6.03 Å². The molecule has 8 heteroatoms. The molecule has 4 aromatic rings. The zero-order valence-corrected chi connectivity index (χ0v) is 19.8. The lowest BCUT2D eigenvalue weighted by molar-refractivity contribution is 0.208. The van der Waals surface area contributed by atoms with Crippen LogP contribution < -0.4 is 19.7 Å². The Kier molecular flexibility index (Phi) is 6.34. The Hall–Kier alpha value is -4.33. The molecule has 0 aliphatic carbocycles. The zero-order chi connectivity index (χ0) is 24.2. The van der Waals surface area contributed by atoms with Crippen molar-refractivity contribution in [1.82, 2.24) is 14.9 Å². The van der Waals surface area contributed by atoms with Gasteiger partial charge in [0, 0.05) is 43.3 Å². The first-order valence-corrected chi connectivity index (χ1v) is 11.5. The molecule has 0 spiro atoms. The third kappa shape index (κ3) is 4.68. The number of fused-ring (bicyclic) bond motifs is 1. The monoisotopic (exact) mass is 469 g/mol. The lowest BCUT2D eigenvalue weighted by Gasteiger charge is -2.35. The fourth-order valence-corrected chi connectivity index (χ4v) is 4.32. The van der Waals surface area contributed by atoms with Crippen molar-refractivity contribution in [2.75, 3.05) is 50.6 Å². The number of urea groups is 1. The summed E-state index contributed by atoms with van der Waals surface area (Å²) in [5.41, 5.74) is 3.82. The van der Waals surface area contributed by atoms with Crippen molar-refractivity contribution in [3.63, 3.8) is 0 Å². The largest absolute Gasteiger partial charge is 0.493 e. The van der Waals surface area contributed by atoms with Crippen LogP contribution in [0.5, 0.6) is 11.5 Å². The molecule has 1 N–H and O–H groups in total. The Morgan fingerprint density at radius 3 is 2.17 bits per heavy atom. The molecule has 3 aromatic carbocycles. The van der Waals surface area contributed by atoms with Crippen LogP contribution in [0.3, 0.4) is 0 Å². The van der Waals surface area contributed by atoms with Crippen molar-refractivity contribution >= 4 is 28.4 Å². The SMILES string of the molecule is COc1cc2ncnc(N3CCN(C(=O)Nc4ccc(-c5ccccc5)cc4)CC3)c2cc1OC. The van der Waals surface area contributed by atoms with Gasteiger partial charge in [-0.3, -0.25) is 0 Å². The standard InChI is InChI=1S/C27H27N5O3/c1-34-24-16-22-23(17-25(24)35-2)28-18-29-26(22)31-12-14-32(15-13-31)27(33)30-21-10-8-20(9-11-21)19-6-4-3-5-7-19/h3-11,16-18H,12-15H2,1-2H3,(H,30,33). The van der Waals surface area contributed by atoms with Crippen LogP contribution in [0.4, 0.5) is 16.3 Å². The summed E-state index contributed by atoms with van der Waals surface area (Å²) in [6.07, 6.45) is 1.56. The van der Waals surface area contributed by atoms with E-state index in [1.807, 2.05) is 59.5 Å². The molecule has 178 valence electrons. The number of ether oxygens (including phenoxy) is 2. The Morgan fingerprint density at radius 2 is 1.49 bits per heavy atom. The molecular weight excluding hydrogens is 442 g/mol. The molecule has 1 saturated heterocycles. The minimum Gasteiger partial charge on any atom is -0.493 e. The molecular formula is C27H27N5O3. The van der Waals surface area contributed by atoms with Crippen LogP contribution >= 0.6 is 0 Å². The van der Waals surface area contributed by atoms with Gasteiger partial charge in [-0.15, -0.1) is 0 Å². The lowest BCUT2D eigenvalue weighted by atomic mass is 10.1. The second kappa shape index (κ2) is 9.89. The third-order valence-electron chi connectivity index (χ3n) is 6.23. The Bertz CT molecular complexity index is 1320. The molecule has 35 heavy (non-hydrogen) atoms. The fraction of sp³-hybridized carbons (Fsp3) is 0.222. The summed E-state index contributed by atoms with van der Waals surface area (Å²) in [7, 11) is 3.22. The van der Waals surface area contributed by atoms with E-state index < -0.39 is 0 Å². The van der Waals surface area contributed by atoms with E-state index in [-0.39, 0.29) is 6.03 Å². The molecule has 0 unspecified atom stereocenters. The maximum absolute atomic E-state index is 12.9. The summed E-state index contributed by atoms with van der Waals surface area (Å²) in [6, 6.07) is 21.7. The van der Waals surface area contributed by atoms with Gasteiger partial charge in [0.05, 0.1) is 19.7 Å². The van der Waals surface area contributed by atoms with Crippen molar-refractivity contribution in [2.24, 2.45) is 0 Å². The summed E-state index contributed by atoms with van der Waals surface area (Å²) in [6.45, 7) is 2.51. The zero-order valence-electron chi connectivity index (χ0n) is 19.8. The number of methoxy groups -OCH3 is 2. The first-order chi connectivity index (χ1) is 17.2. The van der Waals surface area contributed by atoms with Gasteiger partial charge in [0.2, 0.25) is 0 Å². The number of amides is 2. The minimum atomic E-state index is -0.101. The molecule has 8 nitrogen and oxygen atoms in total. The Balaban J connectivity index is 1.24. The van der Waals surface area contributed by atoms with E-state index in [4.69, 9.17) is 9.47 Å². The number of anilines is 2. The van der Waals surface area contributed by atoms with E-state index in [0.29, 0.717) is 37.7 Å². The van der Waals surface area contributed by atoms with Crippen LogP contribution in [0.1, 0.15) is 0 Å². The summed E-state index contributed by atoms with van der Waals surface area (Å²) < 4.78 is 10.9. The number of nitrogens with zero attached hydrogens (tertiary/aromatic N) is 4. The smallest absolute Gasteiger partial charge is 0.321 e. The average Bonchev–Trinajstić information content (AvgIpc) is 2.93. The van der Waals surface area contributed by atoms with Crippen LogP contribution in [-0.4, -0.2) is 61.3 Å². The number of aromatic nitrogens is 2. The van der Waals surface area contributed by atoms with E-state index in [9.17, 15) is 4.79 Å². The van der Waals surface area contributed by atoms with Crippen molar-refractivity contribution in [2.45, 2.75) is 0 Å². The number of piperazine rings is 1. The molecule has 1 aliphatic heterocycles. The summed E-state index contributed by atoms with van der Waals surface area (Å²) in [4.78, 5) is 25.8. The van der Waals surface area contributed by atoms with Gasteiger partial charge in [0.25, 0.3) is 0 Å². The summed E-state index contributed by atoms with van der Waals surface area (Å²) >= 11 is 0.